The van der Waals surface area contributed by atoms with Crippen LogP contribution in [0.5, 0.6) is 5.75 Å². The minimum Gasteiger partial charge on any atom is -0.494 e. The predicted octanol–water partition coefficient (Wildman–Crippen LogP) is 3.16. The summed E-state index contributed by atoms with van der Waals surface area (Å²) in [7, 11) is -1.79. The molecule has 9 heteroatoms. The van der Waals surface area contributed by atoms with Gasteiger partial charge in [-0.25, -0.2) is 13.1 Å². The number of hydrogen-bond acceptors (Lipinski definition) is 7. The van der Waals surface area contributed by atoms with E-state index in [1.165, 1.54) is 18.2 Å². The molecule has 1 aliphatic rings. The van der Waals surface area contributed by atoms with E-state index in [4.69, 9.17) is 9.26 Å². The molecule has 1 atom stereocenters. The van der Waals surface area contributed by atoms with Crippen LogP contribution in [-0.2, 0) is 22.9 Å². The molecule has 0 saturated heterocycles. The lowest BCUT2D eigenvalue weighted by atomic mass is 10.0. The maximum atomic E-state index is 11.7. The van der Waals surface area contributed by atoms with Crippen LogP contribution >= 0.6 is 0 Å². The Hall–Kier alpha value is -2.75. The first-order valence-electron chi connectivity index (χ1n) is 11.2. The normalized spacial score (nSPS) is 15.5. The first-order valence-corrected chi connectivity index (χ1v) is 12.9. The van der Waals surface area contributed by atoms with Gasteiger partial charge in [-0.3, -0.25) is 0 Å². The Morgan fingerprint density at radius 1 is 1.24 bits per heavy atom. The highest BCUT2D eigenvalue weighted by atomic mass is 32.2. The summed E-state index contributed by atoms with van der Waals surface area (Å²) >= 11 is 0. The van der Waals surface area contributed by atoms with E-state index in [2.05, 4.69) is 26.2 Å². The van der Waals surface area contributed by atoms with Gasteiger partial charge in [0.05, 0.1) is 18.8 Å². The van der Waals surface area contributed by atoms with Crippen LogP contribution in [0.15, 0.2) is 40.9 Å². The highest BCUT2D eigenvalue weighted by molar-refractivity contribution is 7.89. The van der Waals surface area contributed by atoms with Crippen molar-refractivity contribution in [2.45, 2.75) is 39.2 Å². The van der Waals surface area contributed by atoms with Gasteiger partial charge in [0.15, 0.2) is 0 Å². The van der Waals surface area contributed by atoms with Crippen LogP contribution in [0.1, 0.15) is 47.5 Å². The van der Waals surface area contributed by atoms with E-state index in [0.29, 0.717) is 31.3 Å². The second-order valence-corrected chi connectivity index (χ2v) is 10.2. The van der Waals surface area contributed by atoms with Gasteiger partial charge >= 0.3 is 0 Å². The van der Waals surface area contributed by atoms with Gasteiger partial charge in [-0.1, -0.05) is 35.5 Å². The maximum absolute atomic E-state index is 11.7. The fourth-order valence-corrected chi connectivity index (χ4v) is 4.81. The smallest absolute Gasteiger partial charge is 0.231 e. The van der Waals surface area contributed by atoms with Crippen LogP contribution in [0.25, 0.3) is 11.4 Å². The minimum atomic E-state index is -3.22. The highest BCUT2D eigenvalue weighted by Gasteiger charge is 2.26. The topological polar surface area (TPSA) is 106 Å². The van der Waals surface area contributed by atoms with E-state index < -0.39 is 10.0 Å². The van der Waals surface area contributed by atoms with Crippen LogP contribution in [0.4, 0.5) is 0 Å². The summed E-state index contributed by atoms with van der Waals surface area (Å²) in [5, 5.41) is 7.61. The summed E-state index contributed by atoms with van der Waals surface area (Å²) in [5.41, 5.74) is 5.47. The molecule has 0 bridgehead atoms. The molecule has 8 nitrogen and oxygen atoms in total. The predicted molar refractivity (Wildman–Crippen MR) is 127 cm³/mol. The second-order valence-electron chi connectivity index (χ2n) is 8.16. The molecule has 1 aliphatic carbocycles. The number of nitrogens with zero attached hydrogens (tertiary/aromatic N) is 2. The van der Waals surface area contributed by atoms with E-state index in [1.54, 1.807) is 0 Å². The monoisotopic (exact) mass is 470 g/mol. The van der Waals surface area contributed by atoms with E-state index >= 15 is 0 Å². The van der Waals surface area contributed by atoms with Gasteiger partial charge in [0.25, 0.3) is 0 Å². The molecular weight excluding hydrogens is 440 g/mol. The molecule has 33 heavy (non-hydrogen) atoms. The van der Waals surface area contributed by atoms with Crippen LogP contribution in [0, 0.1) is 6.92 Å². The van der Waals surface area contributed by atoms with Crippen molar-refractivity contribution < 1.29 is 17.7 Å². The number of benzene rings is 2. The number of ether oxygens (including phenoxy) is 1. The number of aromatic nitrogens is 2. The Bertz CT molecular complexity index is 1220. The van der Waals surface area contributed by atoms with Gasteiger partial charge in [-0.05, 0) is 62.1 Å². The zero-order chi connectivity index (χ0) is 23.4. The molecule has 1 aromatic heterocycles. The fourth-order valence-electron chi connectivity index (χ4n) is 4.22. The molecule has 4 rings (SSSR count). The van der Waals surface area contributed by atoms with E-state index in [1.807, 2.05) is 44.2 Å². The quantitative estimate of drug-likeness (QED) is 0.469. The number of aryl methyl sites for hydroxylation is 1. The molecule has 2 aromatic carbocycles. The van der Waals surface area contributed by atoms with Gasteiger partial charge in [-0.2, -0.15) is 4.98 Å². The molecule has 2 N–H and O–H groups in total. The third-order valence-corrected chi connectivity index (χ3v) is 7.32. The summed E-state index contributed by atoms with van der Waals surface area (Å²) in [6.07, 6.45) is 2.31. The molecule has 176 valence electrons. The van der Waals surface area contributed by atoms with E-state index in [0.717, 1.165) is 35.3 Å². The number of sulfonamides is 1. The summed E-state index contributed by atoms with van der Waals surface area (Å²) in [4.78, 5) is 4.66. The minimum absolute atomic E-state index is 0.0489. The van der Waals surface area contributed by atoms with Gasteiger partial charge in [-0.15, -0.1) is 0 Å². The number of nitrogens with one attached hydrogen (secondary N) is 2. The molecule has 0 radical (unpaired) electrons. The van der Waals surface area contributed by atoms with Gasteiger partial charge in [0.1, 0.15) is 5.75 Å². The third kappa shape index (κ3) is 5.43. The van der Waals surface area contributed by atoms with Crippen LogP contribution < -0.4 is 14.8 Å². The largest absolute Gasteiger partial charge is 0.494 e. The molecule has 0 amide bonds. The Labute approximate surface area is 194 Å². The summed E-state index contributed by atoms with van der Waals surface area (Å²) in [6, 6.07) is 12.3. The van der Waals surface area contributed by atoms with Crippen molar-refractivity contribution in [3.63, 3.8) is 0 Å². The van der Waals surface area contributed by atoms with Gasteiger partial charge < -0.3 is 14.6 Å². The van der Waals surface area contributed by atoms with Crippen LogP contribution in [0.3, 0.4) is 0 Å². The summed E-state index contributed by atoms with van der Waals surface area (Å²) in [6.45, 7) is 5.01. The van der Waals surface area contributed by atoms with Crippen molar-refractivity contribution in [3.05, 3.63) is 64.5 Å². The molecule has 3 aromatic rings. The van der Waals surface area contributed by atoms with Crippen molar-refractivity contribution >= 4 is 10.0 Å². The number of rotatable bonds is 10. The Morgan fingerprint density at radius 2 is 2.09 bits per heavy atom. The standard InChI is InChI=1S/C24H30N4O4S/c1-4-31-22-14-17(9-8-16(22)2)15-23-27-24(28-32-23)20-7-5-6-19-18(20)10-11-21(19)26-12-13-33(29,30)25-3/h5-9,14,21,25-26H,4,10-13,15H2,1-3H3. The van der Waals surface area contributed by atoms with Crippen LogP contribution in [-0.4, -0.2) is 44.5 Å². The molecule has 1 unspecified atom stereocenters. The Balaban J connectivity index is 1.48. The molecular formula is C24H30N4O4S. The van der Waals surface area contributed by atoms with Crippen LogP contribution in [0.2, 0.25) is 0 Å². The zero-order valence-corrected chi connectivity index (χ0v) is 20.0. The van der Waals surface area contributed by atoms with Crippen molar-refractivity contribution in [1.29, 1.82) is 0 Å². The first-order chi connectivity index (χ1) is 15.9. The van der Waals surface area contributed by atoms with E-state index in [9.17, 15) is 8.42 Å². The summed E-state index contributed by atoms with van der Waals surface area (Å²) in [5.74, 6) is 2.06. The zero-order valence-electron chi connectivity index (χ0n) is 19.2. The Morgan fingerprint density at radius 3 is 2.88 bits per heavy atom. The highest BCUT2D eigenvalue weighted by Crippen LogP contribution is 2.37. The number of hydrogen-bond donors (Lipinski definition) is 2. The SMILES string of the molecule is CCOc1cc(Cc2nc(-c3cccc4c3CCC4NCCS(=O)(=O)NC)no2)ccc1C. The fraction of sp³-hybridized carbons (Fsp3) is 0.417. The molecule has 0 aliphatic heterocycles. The average molecular weight is 471 g/mol. The Kier molecular flexibility index (Phi) is 7.11. The average Bonchev–Trinajstić information content (AvgIpc) is 3.43. The van der Waals surface area contributed by atoms with Gasteiger partial charge in [0.2, 0.25) is 21.7 Å². The van der Waals surface area contributed by atoms with E-state index in [-0.39, 0.29) is 11.8 Å². The first kappa shape index (κ1) is 23.4. The van der Waals surface area contributed by atoms with Gasteiger partial charge in [0, 0.05) is 18.2 Å². The molecule has 0 saturated carbocycles. The lowest BCUT2D eigenvalue weighted by Crippen LogP contribution is -2.31. The maximum Gasteiger partial charge on any atom is 0.231 e. The third-order valence-electron chi connectivity index (χ3n) is 5.96. The van der Waals surface area contributed by atoms with Crippen molar-refractivity contribution in [3.8, 4) is 17.1 Å². The molecule has 1 heterocycles. The molecule has 0 fully saturated rings. The summed E-state index contributed by atoms with van der Waals surface area (Å²) < 4.78 is 37.0. The molecule has 0 spiro atoms. The number of fused-ring (bicyclic) bond motifs is 1. The van der Waals surface area contributed by atoms with Crippen molar-refractivity contribution in [1.82, 2.24) is 20.2 Å². The second kappa shape index (κ2) is 10.0. The lowest BCUT2D eigenvalue weighted by Gasteiger charge is -2.14. The van der Waals surface area contributed by atoms with Crippen molar-refractivity contribution in [2.24, 2.45) is 0 Å². The lowest BCUT2D eigenvalue weighted by molar-refractivity contribution is 0.337. The van der Waals surface area contributed by atoms with Crippen molar-refractivity contribution in [2.75, 3.05) is 26.0 Å².